The fourth-order valence-corrected chi connectivity index (χ4v) is 2.23. The van der Waals surface area contributed by atoms with Gasteiger partial charge in [-0.2, -0.15) is 13.2 Å². The minimum absolute atomic E-state index is 0. The molecule has 24 heavy (non-hydrogen) atoms. The Kier molecular flexibility index (Phi) is 10.7. The van der Waals surface area contributed by atoms with Gasteiger partial charge in [-0.15, -0.1) is 12.4 Å². The first kappa shape index (κ1) is 22.7. The molecule has 0 aliphatic carbocycles. The third-order valence-electron chi connectivity index (χ3n) is 3.55. The molecule has 138 valence electrons. The Hall–Kier alpha value is -1.27. The number of Topliss-reactive ketones (excluding diaryl/α,β-unsaturated/α-hetero) is 1. The fraction of sp³-hybridized carbons (Fsp3) is 0.588. The van der Waals surface area contributed by atoms with E-state index in [-0.39, 0.29) is 36.9 Å². The summed E-state index contributed by atoms with van der Waals surface area (Å²) in [4.78, 5) is 11.5. The van der Waals surface area contributed by atoms with Gasteiger partial charge >= 0.3 is 6.18 Å². The first-order valence-corrected chi connectivity index (χ1v) is 7.97. The second kappa shape index (κ2) is 11.3. The molecule has 1 aromatic rings. The molecule has 0 unspecified atom stereocenters. The van der Waals surface area contributed by atoms with Crippen LogP contribution in [0.4, 0.5) is 13.2 Å². The highest BCUT2D eigenvalue weighted by Gasteiger charge is 2.35. The summed E-state index contributed by atoms with van der Waals surface area (Å²) >= 11 is 0. The van der Waals surface area contributed by atoms with Gasteiger partial charge in [-0.25, -0.2) is 0 Å². The molecule has 1 rings (SSSR count). The monoisotopic (exact) mass is 367 g/mol. The highest BCUT2D eigenvalue weighted by molar-refractivity contribution is 5.97. The van der Waals surface area contributed by atoms with Gasteiger partial charge in [0.1, 0.15) is 5.75 Å². The molecule has 0 atom stereocenters. The van der Waals surface area contributed by atoms with Gasteiger partial charge in [0.25, 0.3) is 0 Å². The van der Waals surface area contributed by atoms with E-state index in [9.17, 15) is 18.0 Å². The van der Waals surface area contributed by atoms with E-state index >= 15 is 0 Å². The molecule has 3 nitrogen and oxygen atoms in total. The number of nitrogens with two attached hydrogens (primary N) is 1. The summed E-state index contributed by atoms with van der Waals surface area (Å²) in [6.45, 7) is 2.04. The van der Waals surface area contributed by atoms with Crippen LogP contribution in [-0.2, 0) is 6.18 Å². The number of ketones is 1. The van der Waals surface area contributed by atoms with Crippen molar-refractivity contribution < 1.29 is 22.7 Å². The second-order valence-electron chi connectivity index (χ2n) is 5.45. The Balaban J connectivity index is 0.00000529. The van der Waals surface area contributed by atoms with Crippen molar-refractivity contribution in [3.63, 3.8) is 0 Å². The second-order valence-corrected chi connectivity index (χ2v) is 5.45. The Morgan fingerprint density at radius 3 is 2.33 bits per heavy atom. The molecule has 0 aliphatic rings. The number of carbonyl (C=O) groups excluding carboxylic acids is 1. The Labute approximate surface area is 147 Å². The lowest BCUT2D eigenvalue weighted by molar-refractivity contribution is -0.139. The number of hydrogen-bond donors (Lipinski definition) is 1. The molecular formula is C17H25ClF3NO2. The van der Waals surface area contributed by atoms with Crippen molar-refractivity contribution in [1.29, 1.82) is 0 Å². The van der Waals surface area contributed by atoms with E-state index in [1.807, 2.05) is 0 Å². The van der Waals surface area contributed by atoms with Crippen LogP contribution in [0.5, 0.6) is 5.75 Å². The normalized spacial score (nSPS) is 11.0. The number of halogens is 4. The molecule has 0 radical (unpaired) electrons. The maximum absolute atomic E-state index is 13.1. The zero-order valence-electron chi connectivity index (χ0n) is 13.8. The fourth-order valence-electron chi connectivity index (χ4n) is 2.23. The average Bonchev–Trinajstić information content (AvgIpc) is 2.52. The van der Waals surface area contributed by atoms with Crippen LogP contribution in [0.25, 0.3) is 0 Å². The van der Waals surface area contributed by atoms with Crippen LogP contribution < -0.4 is 10.5 Å². The zero-order valence-corrected chi connectivity index (χ0v) is 14.6. The van der Waals surface area contributed by atoms with E-state index in [1.54, 1.807) is 0 Å². The van der Waals surface area contributed by atoms with Crippen molar-refractivity contribution in [2.24, 2.45) is 5.73 Å². The van der Waals surface area contributed by atoms with Crippen molar-refractivity contribution in [1.82, 2.24) is 0 Å². The number of benzene rings is 1. The molecule has 7 heteroatoms. The summed E-state index contributed by atoms with van der Waals surface area (Å²) in [5.41, 5.74) is 4.21. The zero-order chi connectivity index (χ0) is 17.3. The highest BCUT2D eigenvalue weighted by atomic mass is 35.5. The van der Waals surface area contributed by atoms with Gasteiger partial charge in [0.2, 0.25) is 0 Å². The summed E-state index contributed by atoms with van der Waals surface area (Å²) in [5, 5.41) is 0. The van der Waals surface area contributed by atoms with Crippen LogP contribution in [0.2, 0.25) is 0 Å². The Bertz CT molecular complexity index is 507. The molecule has 0 aromatic heterocycles. The predicted octanol–water partition coefficient (Wildman–Crippen LogP) is 5.01. The van der Waals surface area contributed by atoms with Crippen molar-refractivity contribution in [2.45, 2.75) is 51.6 Å². The van der Waals surface area contributed by atoms with Crippen molar-refractivity contribution in [2.75, 3.05) is 13.2 Å². The summed E-state index contributed by atoms with van der Waals surface area (Å²) in [5.74, 6) is -0.766. The molecular weight excluding hydrogens is 343 g/mol. The third kappa shape index (κ3) is 7.53. The lowest BCUT2D eigenvalue weighted by Gasteiger charge is -2.15. The van der Waals surface area contributed by atoms with E-state index in [0.717, 1.165) is 31.7 Å². The van der Waals surface area contributed by atoms with Gasteiger partial charge in [-0.1, -0.05) is 39.0 Å². The molecule has 0 fully saturated rings. The summed E-state index contributed by atoms with van der Waals surface area (Å²) in [6.07, 6.45) is 1.61. The van der Waals surface area contributed by atoms with Crippen LogP contribution in [0.3, 0.4) is 0 Å². The lowest BCUT2D eigenvalue weighted by Crippen LogP contribution is -2.16. The molecule has 0 saturated carbocycles. The standard InChI is InChI=1S/C17H24F3NO2.ClH/c1-2-3-4-5-6-7-10-23-16-9-8-13(15(22)12-21)11-14(16)17(18,19)20;/h8-9,11H,2-7,10,12,21H2,1H3;1H. The minimum atomic E-state index is -4.57. The maximum Gasteiger partial charge on any atom is 0.419 e. The summed E-state index contributed by atoms with van der Waals surface area (Å²) in [6, 6.07) is 3.33. The van der Waals surface area contributed by atoms with Crippen LogP contribution in [0, 0.1) is 0 Å². The number of carbonyl (C=O) groups is 1. The topological polar surface area (TPSA) is 52.3 Å². The van der Waals surface area contributed by atoms with E-state index in [2.05, 4.69) is 6.92 Å². The SMILES string of the molecule is CCCCCCCCOc1ccc(C(=O)CN)cc1C(F)(F)F.Cl. The van der Waals surface area contributed by atoms with E-state index < -0.39 is 17.5 Å². The molecule has 0 bridgehead atoms. The smallest absolute Gasteiger partial charge is 0.419 e. The molecule has 0 amide bonds. The van der Waals surface area contributed by atoms with Gasteiger partial charge in [-0.3, -0.25) is 4.79 Å². The van der Waals surface area contributed by atoms with E-state index in [0.29, 0.717) is 6.42 Å². The average molecular weight is 368 g/mol. The van der Waals surface area contributed by atoms with Gasteiger partial charge in [-0.05, 0) is 24.6 Å². The quantitative estimate of drug-likeness (QED) is 0.467. The summed E-state index contributed by atoms with van der Waals surface area (Å²) in [7, 11) is 0. The largest absolute Gasteiger partial charge is 0.493 e. The first-order valence-electron chi connectivity index (χ1n) is 7.97. The number of ether oxygens (including phenoxy) is 1. The maximum atomic E-state index is 13.1. The van der Waals surface area contributed by atoms with Gasteiger partial charge in [0, 0.05) is 5.56 Å². The number of unbranched alkanes of at least 4 members (excludes halogenated alkanes) is 5. The lowest BCUT2D eigenvalue weighted by atomic mass is 10.1. The number of alkyl halides is 3. The minimum Gasteiger partial charge on any atom is -0.493 e. The molecule has 0 aliphatic heterocycles. The number of hydrogen-bond acceptors (Lipinski definition) is 3. The molecule has 0 heterocycles. The van der Waals surface area contributed by atoms with Gasteiger partial charge in [0.15, 0.2) is 5.78 Å². The van der Waals surface area contributed by atoms with Gasteiger partial charge in [0.05, 0.1) is 18.7 Å². The van der Waals surface area contributed by atoms with Crippen LogP contribution in [0.15, 0.2) is 18.2 Å². The molecule has 0 saturated heterocycles. The van der Waals surface area contributed by atoms with Crippen LogP contribution in [-0.4, -0.2) is 18.9 Å². The first-order chi connectivity index (χ1) is 10.9. The summed E-state index contributed by atoms with van der Waals surface area (Å²) < 4.78 is 44.5. The molecule has 2 N–H and O–H groups in total. The molecule has 1 aromatic carbocycles. The Morgan fingerprint density at radius 1 is 1.12 bits per heavy atom. The highest BCUT2D eigenvalue weighted by Crippen LogP contribution is 2.37. The Morgan fingerprint density at radius 2 is 1.75 bits per heavy atom. The van der Waals surface area contributed by atoms with Crippen LogP contribution in [0.1, 0.15) is 61.4 Å². The van der Waals surface area contributed by atoms with Crippen molar-refractivity contribution >= 4 is 18.2 Å². The number of rotatable bonds is 10. The predicted molar refractivity (Wildman–Crippen MR) is 90.9 cm³/mol. The third-order valence-corrected chi connectivity index (χ3v) is 3.55. The van der Waals surface area contributed by atoms with E-state index in [4.69, 9.17) is 10.5 Å². The van der Waals surface area contributed by atoms with Crippen molar-refractivity contribution in [3.8, 4) is 5.75 Å². The van der Waals surface area contributed by atoms with Crippen LogP contribution >= 0.6 is 12.4 Å². The van der Waals surface area contributed by atoms with E-state index in [1.165, 1.54) is 18.6 Å². The van der Waals surface area contributed by atoms with Crippen molar-refractivity contribution in [3.05, 3.63) is 29.3 Å². The van der Waals surface area contributed by atoms with Gasteiger partial charge < -0.3 is 10.5 Å². The molecule has 0 spiro atoms.